The maximum absolute atomic E-state index is 12.3. The topological polar surface area (TPSA) is 103 Å². The number of aromatic nitrogens is 2. The predicted octanol–water partition coefficient (Wildman–Crippen LogP) is 1.38. The maximum atomic E-state index is 12.3. The molecular weight excluding hydrogens is 292 g/mol. The van der Waals surface area contributed by atoms with Gasteiger partial charge >= 0.3 is 0 Å². The molecule has 0 saturated carbocycles. The first kappa shape index (κ1) is 15.6. The maximum Gasteiger partial charge on any atom is 0.246 e. The van der Waals surface area contributed by atoms with E-state index in [9.17, 15) is 8.42 Å². The number of nitrogens with zero attached hydrogens (tertiary/aromatic N) is 2. The van der Waals surface area contributed by atoms with E-state index in [0.717, 1.165) is 12.2 Å². The summed E-state index contributed by atoms with van der Waals surface area (Å²) in [5, 5.41) is 4.01. The number of nitrogens with one attached hydrogen (secondary N) is 1. The van der Waals surface area contributed by atoms with E-state index >= 15 is 0 Å². The van der Waals surface area contributed by atoms with Gasteiger partial charge in [0.2, 0.25) is 10.0 Å². The molecule has 0 aliphatic rings. The Bertz CT molecular complexity index is 676. The Balaban J connectivity index is 2.10. The molecule has 3 N–H and O–H groups in total. The largest absolute Gasteiger partial charge is 0.469 e. The summed E-state index contributed by atoms with van der Waals surface area (Å²) >= 11 is 0. The van der Waals surface area contributed by atoms with Gasteiger partial charge in [-0.2, -0.15) is 5.10 Å². The van der Waals surface area contributed by atoms with Gasteiger partial charge in [-0.3, -0.25) is 4.68 Å². The number of nitrogens with two attached hydrogens (primary N) is 1. The molecule has 0 fully saturated rings. The second kappa shape index (κ2) is 6.31. The molecule has 0 saturated heterocycles. The Morgan fingerprint density at radius 2 is 2.29 bits per heavy atom. The second-order valence-corrected chi connectivity index (χ2v) is 6.63. The zero-order valence-electron chi connectivity index (χ0n) is 12.1. The Hall–Kier alpha value is -1.80. The lowest BCUT2D eigenvalue weighted by Crippen LogP contribution is -2.34. The number of hydrogen-bond acceptors (Lipinski definition) is 5. The Morgan fingerprint density at radius 1 is 1.52 bits per heavy atom. The summed E-state index contributed by atoms with van der Waals surface area (Å²) in [6.07, 6.45) is 4.34. The van der Waals surface area contributed by atoms with Crippen molar-refractivity contribution >= 4 is 15.8 Å². The lowest BCUT2D eigenvalue weighted by molar-refractivity contribution is 0.479. The van der Waals surface area contributed by atoms with Crippen LogP contribution < -0.4 is 10.5 Å². The molecule has 0 radical (unpaired) electrons. The molecule has 0 amide bonds. The van der Waals surface area contributed by atoms with E-state index < -0.39 is 10.0 Å². The van der Waals surface area contributed by atoms with Crippen LogP contribution >= 0.6 is 0 Å². The van der Waals surface area contributed by atoms with Crippen molar-refractivity contribution in [1.82, 2.24) is 14.5 Å². The zero-order valence-corrected chi connectivity index (χ0v) is 12.9. The summed E-state index contributed by atoms with van der Waals surface area (Å²) < 4.78 is 34.0. The van der Waals surface area contributed by atoms with Crippen LogP contribution in [0.15, 0.2) is 33.9 Å². The Labute approximate surface area is 124 Å². The van der Waals surface area contributed by atoms with Gasteiger partial charge in [-0.15, -0.1) is 0 Å². The van der Waals surface area contributed by atoms with E-state index in [1.54, 1.807) is 30.0 Å². The molecule has 116 valence electrons. The number of aryl methyl sites for hydroxylation is 1. The second-order valence-electron chi connectivity index (χ2n) is 4.95. The van der Waals surface area contributed by atoms with Gasteiger partial charge in [0, 0.05) is 25.2 Å². The predicted molar refractivity (Wildman–Crippen MR) is 79.1 cm³/mol. The van der Waals surface area contributed by atoms with Crippen LogP contribution in [0.1, 0.15) is 26.0 Å². The van der Waals surface area contributed by atoms with E-state index in [0.29, 0.717) is 13.0 Å². The third-order valence-electron chi connectivity index (χ3n) is 2.94. The highest BCUT2D eigenvalue weighted by molar-refractivity contribution is 7.89. The minimum atomic E-state index is -3.69. The lowest BCUT2D eigenvalue weighted by Gasteiger charge is -2.12. The normalized spacial score (nSPS) is 13.4. The fraction of sp³-hybridized carbons (Fsp3) is 0.462. The van der Waals surface area contributed by atoms with E-state index in [2.05, 4.69) is 9.82 Å². The minimum Gasteiger partial charge on any atom is -0.469 e. The molecule has 8 heteroatoms. The molecule has 0 aromatic carbocycles. The van der Waals surface area contributed by atoms with Crippen molar-refractivity contribution < 1.29 is 12.8 Å². The van der Waals surface area contributed by atoms with Crippen LogP contribution in [-0.2, 0) is 23.0 Å². The van der Waals surface area contributed by atoms with Gasteiger partial charge in [-0.05, 0) is 25.5 Å². The third-order valence-corrected chi connectivity index (χ3v) is 4.55. The van der Waals surface area contributed by atoms with E-state index in [1.807, 2.05) is 6.92 Å². The highest BCUT2D eigenvalue weighted by Gasteiger charge is 2.23. The van der Waals surface area contributed by atoms with Crippen LogP contribution in [0.2, 0.25) is 0 Å². The highest BCUT2D eigenvalue weighted by Crippen LogP contribution is 2.17. The Kier molecular flexibility index (Phi) is 4.69. The first-order chi connectivity index (χ1) is 9.92. The van der Waals surface area contributed by atoms with Gasteiger partial charge in [0.1, 0.15) is 10.7 Å². The summed E-state index contributed by atoms with van der Waals surface area (Å²) in [6.45, 7) is 4.38. The quantitative estimate of drug-likeness (QED) is 0.804. The van der Waals surface area contributed by atoms with Gasteiger partial charge in [-0.1, -0.05) is 6.92 Å². The molecule has 0 bridgehead atoms. The summed E-state index contributed by atoms with van der Waals surface area (Å²) in [5.74, 6) is 0.737. The van der Waals surface area contributed by atoms with E-state index in [-0.39, 0.29) is 16.8 Å². The van der Waals surface area contributed by atoms with Crippen LogP contribution in [-0.4, -0.2) is 24.2 Å². The molecule has 2 heterocycles. The average molecular weight is 312 g/mol. The first-order valence-electron chi connectivity index (χ1n) is 6.80. The molecule has 7 nitrogen and oxygen atoms in total. The molecule has 0 spiro atoms. The molecular formula is C13H20N4O3S. The van der Waals surface area contributed by atoms with Crippen molar-refractivity contribution in [2.45, 2.75) is 44.2 Å². The molecule has 1 unspecified atom stereocenters. The SMILES string of the molecule is CCCn1cc(S(=O)(=O)NC(C)Cc2ccco2)c(N)n1. The molecule has 2 aromatic rings. The van der Waals surface area contributed by atoms with Crippen LogP contribution in [0.4, 0.5) is 5.82 Å². The minimum absolute atomic E-state index is 0.0150. The molecule has 2 rings (SSSR count). The summed E-state index contributed by atoms with van der Waals surface area (Å²) in [5.41, 5.74) is 5.70. The van der Waals surface area contributed by atoms with E-state index in [4.69, 9.17) is 10.2 Å². The first-order valence-corrected chi connectivity index (χ1v) is 8.28. The molecule has 21 heavy (non-hydrogen) atoms. The monoisotopic (exact) mass is 312 g/mol. The smallest absolute Gasteiger partial charge is 0.246 e. The van der Waals surface area contributed by atoms with E-state index in [1.165, 1.54) is 6.20 Å². The van der Waals surface area contributed by atoms with Gasteiger partial charge in [0.25, 0.3) is 0 Å². The van der Waals surface area contributed by atoms with Crippen molar-refractivity contribution in [3.8, 4) is 0 Å². The molecule has 0 aliphatic heterocycles. The van der Waals surface area contributed by atoms with Crippen molar-refractivity contribution in [3.63, 3.8) is 0 Å². The van der Waals surface area contributed by atoms with Crippen LogP contribution in [0.3, 0.4) is 0 Å². The number of nitrogen functional groups attached to an aromatic ring is 1. The summed E-state index contributed by atoms with van der Waals surface area (Å²) in [6, 6.07) is 3.26. The van der Waals surface area contributed by atoms with Crippen molar-refractivity contribution in [2.24, 2.45) is 0 Å². The zero-order chi connectivity index (χ0) is 15.5. The van der Waals surface area contributed by atoms with Crippen molar-refractivity contribution in [1.29, 1.82) is 0 Å². The summed E-state index contributed by atoms with van der Waals surface area (Å²) in [7, 11) is -3.69. The molecule has 2 aromatic heterocycles. The number of hydrogen-bond donors (Lipinski definition) is 2. The summed E-state index contributed by atoms with van der Waals surface area (Å²) in [4.78, 5) is 0.0160. The van der Waals surface area contributed by atoms with Crippen LogP contribution in [0.25, 0.3) is 0 Å². The third kappa shape index (κ3) is 3.85. The van der Waals surface area contributed by atoms with Gasteiger partial charge in [0.05, 0.1) is 6.26 Å². The van der Waals surface area contributed by atoms with Crippen molar-refractivity contribution in [3.05, 3.63) is 30.4 Å². The average Bonchev–Trinajstić information content (AvgIpc) is 2.99. The van der Waals surface area contributed by atoms with Crippen molar-refractivity contribution in [2.75, 3.05) is 5.73 Å². The van der Waals surface area contributed by atoms with Crippen LogP contribution in [0, 0.1) is 0 Å². The van der Waals surface area contributed by atoms with Gasteiger partial charge in [0.15, 0.2) is 5.82 Å². The number of furan rings is 1. The molecule has 0 aliphatic carbocycles. The fourth-order valence-corrected chi connectivity index (χ4v) is 3.39. The fourth-order valence-electron chi connectivity index (χ4n) is 2.07. The lowest BCUT2D eigenvalue weighted by atomic mass is 10.2. The Morgan fingerprint density at radius 3 is 2.90 bits per heavy atom. The standard InChI is InChI=1S/C13H20N4O3S/c1-3-6-17-9-12(13(14)15-17)21(18,19)16-10(2)8-11-5-4-7-20-11/h4-5,7,9-10,16H,3,6,8H2,1-2H3,(H2,14,15). The molecule has 1 atom stereocenters. The van der Waals surface area contributed by atoms with Gasteiger partial charge in [-0.25, -0.2) is 13.1 Å². The van der Waals surface area contributed by atoms with Gasteiger partial charge < -0.3 is 10.2 Å². The number of sulfonamides is 1. The number of rotatable bonds is 7. The highest BCUT2D eigenvalue weighted by atomic mass is 32.2. The van der Waals surface area contributed by atoms with Crippen LogP contribution in [0.5, 0.6) is 0 Å². The number of anilines is 1.